The molecule has 0 saturated carbocycles. The molecule has 0 atom stereocenters. The fraction of sp³-hybridized carbons (Fsp3) is 0.625. The van der Waals surface area contributed by atoms with E-state index in [9.17, 15) is 5.11 Å². The van der Waals surface area contributed by atoms with Crippen LogP contribution >= 0.6 is 0 Å². The van der Waals surface area contributed by atoms with E-state index in [1.807, 2.05) is 33.8 Å². The minimum Gasteiger partial charge on any atom is -0.427 e. The molecule has 3 radical (unpaired) electrons. The number of fused-ring (bicyclic) bond motifs is 3. The van der Waals surface area contributed by atoms with Crippen LogP contribution in [0.25, 0.3) is 11.1 Å². The Balaban J connectivity index is 0.000000886. The first kappa shape index (κ1) is 36.4. The summed E-state index contributed by atoms with van der Waals surface area (Å²) in [5.41, 5.74) is 3.08. The van der Waals surface area contributed by atoms with Crippen LogP contribution in [-0.4, -0.2) is 53.1 Å². The summed E-state index contributed by atoms with van der Waals surface area (Å²) in [7, 11) is 7.74. The molecule has 0 saturated heterocycles. The average Bonchev–Trinajstić information content (AvgIpc) is 2.99. The molecule has 3 rings (SSSR count). The maximum atomic E-state index is 10.2. The van der Waals surface area contributed by atoms with Gasteiger partial charge in [-0.1, -0.05) is 95.3 Å². The maximum Gasteiger partial charge on any atom is 0.330 e. The van der Waals surface area contributed by atoms with Gasteiger partial charge >= 0.3 is 7.48 Å². The summed E-state index contributed by atoms with van der Waals surface area (Å²) in [6, 6.07) is 12.5. The second-order valence-corrected chi connectivity index (χ2v) is 12.4. The lowest BCUT2D eigenvalue weighted by Gasteiger charge is -2.37. The van der Waals surface area contributed by atoms with Crippen molar-refractivity contribution in [3.63, 3.8) is 0 Å². The smallest absolute Gasteiger partial charge is 0.330 e. The standard InChI is InChI=1S/C21H25B2O2.C6H14O2.C3H8.C2H6/c1-19(2)17-11-13(22)7-9-15(17)16-10-8-14(12-18(16)19)23-25-21(5,6)20(3,4)24;1-5(2,7)6(3,4)8;1-3-2;1-2/h7-12,24H,1-6H3;7-8H,1-4H3;3H2,1-2H3;1-2H3. The second-order valence-electron chi connectivity index (χ2n) is 12.4. The Labute approximate surface area is 235 Å². The van der Waals surface area contributed by atoms with Crippen LogP contribution in [0, 0.1) is 0 Å². The molecule has 0 amide bonds. The summed E-state index contributed by atoms with van der Waals surface area (Å²) in [5, 5.41) is 28.5. The molecule has 1 aliphatic rings. The lowest BCUT2D eigenvalue weighted by atomic mass is 9.77. The number of aliphatic hydroxyl groups is 3. The zero-order valence-electron chi connectivity index (χ0n) is 26.6. The Morgan fingerprint density at radius 3 is 1.53 bits per heavy atom. The van der Waals surface area contributed by atoms with E-state index in [0.717, 1.165) is 10.9 Å². The van der Waals surface area contributed by atoms with E-state index < -0.39 is 22.4 Å². The largest absolute Gasteiger partial charge is 0.427 e. The molecular weight excluding hydrogens is 470 g/mol. The van der Waals surface area contributed by atoms with Crippen LogP contribution in [-0.2, 0) is 10.1 Å². The summed E-state index contributed by atoms with van der Waals surface area (Å²) >= 11 is 0. The van der Waals surface area contributed by atoms with Crippen LogP contribution in [0.15, 0.2) is 36.4 Å². The van der Waals surface area contributed by atoms with Gasteiger partial charge in [0, 0.05) is 5.41 Å². The van der Waals surface area contributed by atoms with Gasteiger partial charge in [-0.25, -0.2) is 0 Å². The van der Waals surface area contributed by atoms with Crippen LogP contribution < -0.4 is 10.9 Å². The van der Waals surface area contributed by atoms with E-state index in [0.29, 0.717) is 0 Å². The van der Waals surface area contributed by atoms with E-state index in [-0.39, 0.29) is 5.41 Å². The SMILES string of the molecule is CC.CC(C)(O)C(C)(C)O.CCC.[B]c1ccc2c(c1)C(C)(C)c1cc([B]OC(C)(C)C(C)(C)O)ccc1-2. The zero-order valence-corrected chi connectivity index (χ0v) is 26.6. The summed E-state index contributed by atoms with van der Waals surface area (Å²) in [6.07, 6.45) is 1.25. The molecule has 0 bridgehead atoms. The van der Waals surface area contributed by atoms with Crippen molar-refractivity contribution in [1.29, 1.82) is 0 Å². The van der Waals surface area contributed by atoms with Crippen molar-refractivity contribution >= 4 is 26.3 Å². The topological polar surface area (TPSA) is 69.9 Å². The number of hydrogen-bond acceptors (Lipinski definition) is 4. The summed E-state index contributed by atoms with van der Waals surface area (Å²) in [4.78, 5) is 0. The van der Waals surface area contributed by atoms with Crippen LogP contribution in [0.5, 0.6) is 0 Å². The van der Waals surface area contributed by atoms with Crippen molar-refractivity contribution in [2.24, 2.45) is 0 Å². The molecule has 0 aliphatic heterocycles. The Bertz CT molecular complexity index is 996. The molecule has 1 aliphatic carbocycles. The third kappa shape index (κ3) is 9.26. The van der Waals surface area contributed by atoms with E-state index in [1.54, 1.807) is 49.0 Å². The molecule has 211 valence electrons. The van der Waals surface area contributed by atoms with Crippen LogP contribution in [0.2, 0.25) is 0 Å². The molecule has 0 aromatic heterocycles. The van der Waals surface area contributed by atoms with Gasteiger partial charge in [-0.15, -0.1) is 0 Å². The van der Waals surface area contributed by atoms with Gasteiger partial charge in [0.15, 0.2) is 0 Å². The summed E-state index contributed by atoms with van der Waals surface area (Å²) in [6.45, 7) is 26.3. The van der Waals surface area contributed by atoms with E-state index in [4.69, 9.17) is 22.7 Å². The molecule has 0 unspecified atom stereocenters. The highest BCUT2D eigenvalue weighted by Gasteiger charge is 2.37. The average molecular weight is 523 g/mol. The van der Waals surface area contributed by atoms with Crippen molar-refractivity contribution in [2.75, 3.05) is 0 Å². The highest BCUT2D eigenvalue weighted by atomic mass is 16.5. The highest BCUT2D eigenvalue weighted by Crippen LogP contribution is 2.47. The predicted octanol–water partition coefficient (Wildman–Crippen LogP) is 5.57. The molecule has 6 heteroatoms. The molecule has 2 aromatic rings. The molecule has 0 fully saturated rings. The number of benzene rings is 2. The van der Waals surface area contributed by atoms with Crippen molar-refractivity contribution in [1.82, 2.24) is 0 Å². The van der Waals surface area contributed by atoms with Gasteiger partial charge in [-0.3, -0.25) is 0 Å². The Hall–Kier alpha value is -1.59. The van der Waals surface area contributed by atoms with Crippen molar-refractivity contribution in [3.05, 3.63) is 47.5 Å². The van der Waals surface area contributed by atoms with Gasteiger partial charge in [-0.05, 0) is 77.6 Å². The third-order valence-corrected chi connectivity index (χ3v) is 7.18. The van der Waals surface area contributed by atoms with Gasteiger partial charge in [0.25, 0.3) is 0 Å². The van der Waals surface area contributed by atoms with Crippen molar-refractivity contribution in [3.8, 4) is 11.1 Å². The summed E-state index contributed by atoms with van der Waals surface area (Å²) < 4.78 is 5.91. The molecule has 0 spiro atoms. The van der Waals surface area contributed by atoms with Gasteiger partial charge in [0.05, 0.1) is 22.4 Å². The van der Waals surface area contributed by atoms with Gasteiger partial charge in [-0.2, -0.15) is 0 Å². The minimum atomic E-state index is -1.01. The fourth-order valence-electron chi connectivity index (χ4n) is 3.21. The first-order chi connectivity index (χ1) is 17.1. The molecule has 38 heavy (non-hydrogen) atoms. The lowest BCUT2D eigenvalue weighted by Crippen LogP contribution is -2.49. The monoisotopic (exact) mass is 523 g/mol. The normalized spacial score (nSPS) is 13.9. The quantitative estimate of drug-likeness (QED) is 0.449. The molecule has 0 heterocycles. The van der Waals surface area contributed by atoms with Crippen LogP contribution in [0.4, 0.5) is 0 Å². The Kier molecular flexibility index (Phi) is 13.1. The zero-order chi connectivity index (χ0) is 30.3. The molecule has 3 N–H and O–H groups in total. The van der Waals surface area contributed by atoms with Gasteiger partial charge < -0.3 is 20.0 Å². The summed E-state index contributed by atoms with van der Waals surface area (Å²) in [5.74, 6) is 0. The first-order valence-electron chi connectivity index (χ1n) is 13.8. The Morgan fingerprint density at radius 1 is 0.737 bits per heavy atom. The number of hydrogen-bond donors (Lipinski definition) is 3. The second kappa shape index (κ2) is 13.7. The molecule has 2 aromatic carbocycles. The van der Waals surface area contributed by atoms with Crippen molar-refractivity contribution in [2.45, 2.75) is 131 Å². The van der Waals surface area contributed by atoms with Gasteiger partial charge in [0.1, 0.15) is 7.85 Å². The lowest BCUT2D eigenvalue weighted by molar-refractivity contribution is -0.107. The van der Waals surface area contributed by atoms with Crippen LogP contribution in [0.3, 0.4) is 0 Å². The van der Waals surface area contributed by atoms with E-state index in [2.05, 4.69) is 58.0 Å². The maximum absolute atomic E-state index is 10.2. The highest BCUT2D eigenvalue weighted by molar-refractivity contribution is 6.47. The van der Waals surface area contributed by atoms with Crippen LogP contribution in [0.1, 0.15) is 114 Å². The van der Waals surface area contributed by atoms with E-state index in [1.165, 1.54) is 28.7 Å². The van der Waals surface area contributed by atoms with E-state index >= 15 is 0 Å². The third-order valence-electron chi connectivity index (χ3n) is 7.18. The minimum absolute atomic E-state index is 0.102. The number of rotatable bonds is 5. The predicted molar refractivity (Wildman–Crippen MR) is 166 cm³/mol. The molecule has 4 nitrogen and oxygen atoms in total. The molecular formula is C32H53B2O4. The van der Waals surface area contributed by atoms with Crippen molar-refractivity contribution < 1.29 is 20.0 Å². The fourth-order valence-corrected chi connectivity index (χ4v) is 3.21. The Morgan fingerprint density at radius 2 is 1.13 bits per heavy atom. The van der Waals surface area contributed by atoms with Gasteiger partial charge in [0.2, 0.25) is 0 Å². The first-order valence-corrected chi connectivity index (χ1v) is 13.8.